The van der Waals surface area contributed by atoms with Gasteiger partial charge in [0.25, 0.3) is 0 Å². The molecule has 0 radical (unpaired) electrons. The average Bonchev–Trinajstić information content (AvgIpc) is 2.46. The fourth-order valence-electron chi connectivity index (χ4n) is 1.61. The van der Waals surface area contributed by atoms with Crippen LogP contribution in [-0.4, -0.2) is 5.97 Å². The smallest absolute Gasteiger partial charge is 0.327 e. The van der Waals surface area contributed by atoms with Crippen molar-refractivity contribution in [3.8, 4) is 0 Å². The minimum absolute atomic E-state index is 0. The molecule has 0 aliphatic rings. The number of hydrogen-bond donors (Lipinski definition) is 1. The maximum absolute atomic E-state index is 11.8. The molecule has 2 rings (SSSR count). The molecule has 1 atom stereocenters. The molecule has 0 bridgehead atoms. The normalized spacial score (nSPS) is 11.2. The summed E-state index contributed by atoms with van der Waals surface area (Å²) in [6, 6.07) is 18.0. The van der Waals surface area contributed by atoms with Crippen molar-refractivity contribution in [3.63, 3.8) is 0 Å². The van der Waals surface area contributed by atoms with Crippen molar-refractivity contribution >= 4 is 18.4 Å². The van der Waals surface area contributed by atoms with Gasteiger partial charge in [0, 0.05) is 0 Å². The third-order valence-corrected chi connectivity index (χ3v) is 2.64. The summed E-state index contributed by atoms with van der Waals surface area (Å²) in [6.07, 6.45) is 0. The van der Waals surface area contributed by atoms with Crippen LogP contribution in [0.15, 0.2) is 60.7 Å². The Balaban J connectivity index is 0.00000180. The van der Waals surface area contributed by atoms with Crippen molar-refractivity contribution in [1.82, 2.24) is 0 Å². The van der Waals surface area contributed by atoms with E-state index in [4.69, 9.17) is 10.5 Å². The van der Waals surface area contributed by atoms with Gasteiger partial charge in [0.05, 0.1) is 0 Å². The van der Waals surface area contributed by atoms with Gasteiger partial charge in [0.2, 0.25) is 0 Å². The van der Waals surface area contributed by atoms with E-state index in [0.717, 1.165) is 11.1 Å². The van der Waals surface area contributed by atoms with Crippen LogP contribution in [0.2, 0.25) is 0 Å². The molecule has 0 saturated heterocycles. The van der Waals surface area contributed by atoms with Crippen molar-refractivity contribution in [2.45, 2.75) is 12.6 Å². The molecule has 100 valence electrons. The lowest BCUT2D eigenvalue weighted by atomic mass is 10.1. The summed E-state index contributed by atoms with van der Waals surface area (Å²) in [6.45, 7) is 0.250. The summed E-state index contributed by atoms with van der Waals surface area (Å²) >= 11 is 0. The van der Waals surface area contributed by atoms with Gasteiger partial charge in [-0.1, -0.05) is 60.7 Å². The fourth-order valence-corrected chi connectivity index (χ4v) is 1.61. The van der Waals surface area contributed by atoms with E-state index in [1.54, 1.807) is 0 Å². The van der Waals surface area contributed by atoms with E-state index in [1.165, 1.54) is 0 Å². The van der Waals surface area contributed by atoms with Gasteiger partial charge < -0.3 is 10.5 Å². The third kappa shape index (κ3) is 4.39. The lowest BCUT2D eigenvalue weighted by Crippen LogP contribution is -2.23. The predicted octanol–water partition coefficient (Wildman–Crippen LogP) is 2.85. The minimum atomic E-state index is -0.727. The van der Waals surface area contributed by atoms with Crippen LogP contribution in [0.4, 0.5) is 0 Å². The van der Waals surface area contributed by atoms with Crippen LogP contribution in [0.3, 0.4) is 0 Å². The Bertz CT molecular complexity index is 502. The predicted molar refractivity (Wildman–Crippen MR) is 76.9 cm³/mol. The highest BCUT2D eigenvalue weighted by Gasteiger charge is 2.16. The molecule has 0 aromatic heterocycles. The van der Waals surface area contributed by atoms with Gasteiger partial charge in [0.1, 0.15) is 12.6 Å². The first-order chi connectivity index (χ1) is 8.77. The molecule has 0 aliphatic heterocycles. The van der Waals surface area contributed by atoms with E-state index >= 15 is 0 Å². The standard InChI is InChI=1S/C15H15NO2.ClH/c16-14(13-9-5-2-6-10-13)15(17)18-11-12-7-3-1-4-8-12;/h1-10,14H,11,16H2;1H. The Morgan fingerprint density at radius 3 is 2.11 bits per heavy atom. The Kier molecular flexibility index (Phi) is 6.06. The minimum Gasteiger partial charge on any atom is -0.459 e. The number of halogens is 1. The van der Waals surface area contributed by atoms with Gasteiger partial charge in [-0.2, -0.15) is 0 Å². The quantitative estimate of drug-likeness (QED) is 0.875. The van der Waals surface area contributed by atoms with Crippen LogP contribution in [-0.2, 0) is 16.1 Å². The first-order valence-electron chi connectivity index (χ1n) is 5.78. The van der Waals surface area contributed by atoms with Crippen LogP contribution < -0.4 is 5.73 Å². The summed E-state index contributed by atoms with van der Waals surface area (Å²) in [7, 11) is 0. The SMILES string of the molecule is Cl.NC(C(=O)OCc1ccccc1)c1ccccc1. The topological polar surface area (TPSA) is 52.3 Å². The largest absolute Gasteiger partial charge is 0.459 e. The van der Waals surface area contributed by atoms with Gasteiger partial charge in [-0.05, 0) is 11.1 Å². The molecule has 4 heteroatoms. The Labute approximate surface area is 118 Å². The van der Waals surface area contributed by atoms with E-state index in [-0.39, 0.29) is 19.0 Å². The molecular formula is C15H16ClNO2. The van der Waals surface area contributed by atoms with Gasteiger partial charge in [-0.3, -0.25) is 0 Å². The number of hydrogen-bond acceptors (Lipinski definition) is 3. The molecule has 0 saturated carbocycles. The van der Waals surface area contributed by atoms with E-state index in [2.05, 4.69) is 0 Å². The number of esters is 1. The second kappa shape index (κ2) is 7.56. The first-order valence-corrected chi connectivity index (χ1v) is 5.78. The lowest BCUT2D eigenvalue weighted by Gasteiger charge is -2.11. The molecule has 0 fully saturated rings. The third-order valence-electron chi connectivity index (χ3n) is 2.64. The molecule has 2 aromatic rings. The Morgan fingerprint density at radius 2 is 1.53 bits per heavy atom. The van der Waals surface area contributed by atoms with Crippen LogP contribution in [0.1, 0.15) is 17.2 Å². The number of carbonyl (C=O) groups is 1. The summed E-state index contributed by atoms with van der Waals surface area (Å²) in [5.74, 6) is -0.412. The lowest BCUT2D eigenvalue weighted by molar-refractivity contribution is -0.146. The van der Waals surface area contributed by atoms with E-state index in [0.29, 0.717) is 0 Å². The maximum Gasteiger partial charge on any atom is 0.327 e. The van der Waals surface area contributed by atoms with Gasteiger partial charge >= 0.3 is 5.97 Å². The van der Waals surface area contributed by atoms with Crippen molar-refractivity contribution in [2.24, 2.45) is 5.73 Å². The van der Waals surface area contributed by atoms with Crippen LogP contribution >= 0.6 is 12.4 Å². The zero-order valence-corrected chi connectivity index (χ0v) is 11.2. The van der Waals surface area contributed by atoms with Gasteiger partial charge in [0.15, 0.2) is 0 Å². The van der Waals surface area contributed by atoms with Crippen molar-refractivity contribution in [1.29, 1.82) is 0 Å². The number of benzene rings is 2. The second-order valence-corrected chi connectivity index (χ2v) is 3.98. The van der Waals surface area contributed by atoms with Gasteiger partial charge in [-0.25, -0.2) is 4.79 Å². The second-order valence-electron chi connectivity index (χ2n) is 3.98. The van der Waals surface area contributed by atoms with E-state index < -0.39 is 12.0 Å². The molecular weight excluding hydrogens is 262 g/mol. The number of nitrogens with two attached hydrogens (primary N) is 1. The number of ether oxygens (including phenoxy) is 1. The molecule has 3 nitrogen and oxygen atoms in total. The first kappa shape index (κ1) is 15.2. The zero-order valence-electron chi connectivity index (χ0n) is 10.4. The Morgan fingerprint density at radius 1 is 1.00 bits per heavy atom. The Hall–Kier alpha value is -1.84. The van der Waals surface area contributed by atoms with Crippen LogP contribution in [0, 0.1) is 0 Å². The fraction of sp³-hybridized carbons (Fsp3) is 0.133. The van der Waals surface area contributed by atoms with E-state index in [1.807, 2.05) is 60.7 Å². The molecule has 0 aliphatic carbocycles. The highest BCUT2D eigenvalue weighted by atomic mass is 35.5. The van der Waals surface area contributed by atoms with Crippen molar-refractivity contribution < 1.29 is 9.53 Å². The number of rotatable bonds is 4. The number of carbonyl (C=O) groups excluding carboxylic acids is 1. The molecule has 2 N–H and O–H groups in total. The zero-order chi connectivity index (χ0) is 12.8. The van der Waals surface area contributed by atoms with Crippen molar-refractivity contribution in [2.75, 3.05) is 0 Å². The summed E-state index contributed by atoms with van der Waals surface area (Å²) in [5, 5.41) is 0. The highest BCUT2D eigenvalue weighted by molar-refractivity contribution is 5.85. The molecule has 2 aromatic carbocycles. The molecule has 0 spiro atoms. The summed E-state index contributed by atoms with van der Waals surface area (Å²) in [4.78, 5) is 11.8. The van der Waals surface area contributed by atoms with Crippen molar-refractivity contribution in [3.05, 3.63) is 71.8 Å². The van der Waals surface area contributed by atoms with Crippen LogP contribution in [0.25, 0.3) is 0 Å². The van der Waals surface area contributed by atoms with Crippen LogP contribution in [0.5, 0.6) is 0 Å². The molecule has 1 unspecified atom stereocenters. The van der Waals surface area contributed by atoms with Gasteiger partial charge in [-0.15, -0.1) is 12.4 Å². The molecule has 19 heavy (non-hydrogen) atoms. The maximum atomic E-state index is 11.8. The highest BCUT2D eigenvalue weighted by Crippen LogP contribution is 2.12. The summed E-state index contributed by atoms with van der Waals surface area (Å²) in [5.41, 5.74) is 7.54. The average molecular weight is 278 g/mol. The molecule has 0 amide bonds. The monoisotopic (exact) mass is 277 g/mol. The van der Waals surface area contributed by atoms with E-state index in [9.17, 15) is 4.79 Å². The summed E-state index contributed by atoms with van der Waals surface area (Å²) < 4.78 is 5.18. The molecule has 0 heterocycles.